The van der Waals surface area contributed by atoms with E-state index in [0.29, 0.717) is 37.4 Å². The number of benzene rings is 2. The molecule has 8 nitrogen and oxygen atoms in total. The Kier molecular flexibility index (Phi) is 6.86. The van der Waals surface area contributed by atoms with Crippen LogP contribution in [0.15, 0.2) is 47.6 Å². The van der Waals surface area contributed by atoms with E-state index >= 15 is 0 Å². The van der Waals surface area contributed by atoms with Gasteiger partial charge in [0.1, 0.15) is 6.33 Å². The standard InChI is InChI=1S/C25H31N5O3S/c1-17-14-18(2)20(4)23(19(17)3)34(32,33)30-12-10-22(11-13-30)24(31)27-25-26-16-29(28-25)15-21-8-6-5-7-9-21/h5-9,14,16,22H,10-13,15H2,1-4H3,(H,27,28,31). The van der Waals surface area contributed by atoms with Crippen molar-refractivity contribution in [2.75, 3.05) is 18.4 Å². The maximum atomic E-state index is 13.5. The Labute approximate surface area is 201 Å². The molecule has 0 saturated carbocycles. The molecule has 0 spiro atoms. The van der Waals surface area contributed by atoms with Gasteiger partial charge >= 0.3 is 0 Å². The predicted octanol–water partition coefficient (Wildman–Crippen LogP) is 3.60. The second kappa shape index (κ2) is 9.68. The SMILES string of the molecule is Cc1cc(C)c(C)c(S(=O)(=O)N2CCC(C(=O)Nc3ncn(Cc4ccccc4)n3)CC2)c1C. The number of aryl methyl sites for hydroxylation is 2. The Hall–Kier alpha value is -3.04. The highest BCUT2D eigenvalue weighted by Crippen LogP contribution is 2.31. The van der Waals surface area contributed by atoms with Gasteiger partial charge in [-0.1, -0.05) is 36.4 Å². The molecule has 0 radical (unpaired) electrons. The van der Waals surface area contributed by atoms with Crippen molar-refractivity contribution in [2.45, 2.75) is 52.0 Å². The van der Waals surface area contributed by atoms with Crippen molar-refractivity contribution in [2.24, 2.45) is 5.92 Å². The third-order valence-electron chi connectivity index (χ3n) is 6.68. The average molecular weight is 482 g/mol. The highest BCUT2D eigenvalue weighted by molar-refractivity contribution is 7.89. The molecule has 3 aromatic rings. The smallest absolute Gasteiger partial charge is 0.248 e. The molecule has 180 valence electrons. The van der Waals surface area contributed by atoms with Crippen molar-refractivity contribution < 1.29 is 13.2 Å². The normalized spacial score (nSPS) is 15.4. The van der Waals surface area contributed by atoms with Crippen molar-refractivity contribution in [3.8, 4) is 0 Å². The number of carbonyl (C=O) groups is 1. The maximum absolute atomic E-state index is 13.5. The van der Waals surface area contributed by atoms with E-state index in [2.05, 4.69) is 15.4 Å². The fourth-order valence-electron chi connectivity index (χ4n) is 4.47. The third-order valence-corrected chi connectivity index (χ3v) is 8.85. The monoisotopic (exact) mass is 481 g/mol. The molecule has 4 rings (SSSR count). The number of sulfonamides is 1. The molecule has 1 aromatic heterocycles. The minimum Gasteiger partial charge on any atom is -0.293 e. The van der Waals surface area contributed by atoms with Gasteiger partial charge in [0, 0.05) is 19.0 Å². The molecular weight excluding hydrogens is 450 g/mol. The van der Waals surface area contributed by atoms with Crippen LogP contribution in [0.1, 0.15) is 40.7 Å². The largest absolute Gasteiger partial charge is 0.293 e. The zero-order valence-corrected chi connectivity index (χ0v) is 20.9. The molecule has 1 saturated heterocycles. The van der Waals surface area contributed by atoms with Crippen LogP contribution in [0.4, 0.5) is 5.95 Å². The quantitative estimate of drug-likeness (QED) is 0.580. The molecule has 1 fully saturated rings. The summed E-state index contributed by atoms with van der Waals surface area (Å²) in [7, 11) is -3.63. The van der Waals surface area contributed by atoms with Crippen molar-refractivity contribution in [3.63, 3.8) is 0 Å². The van der Waals surface area contributed by atoms with E-state index < -0.39 is 10.0 Å². The fourth-order valence-corrected chi connectivity index (χ4v) is 6.51. The lowest BCUT2D eigenvalue weighted by atomic mass is 9.97. The first-order chi connectivity index (χ1) is 16.2. The maximum Gasteiger partial charge on any atom is 0.248 e. The first-order valence-corrected chi connectivity index (χ1v) is 12.9. The van der Waals surface area contributed by atoms with Crippen molar-refractivity contribution in [1.29, 1.82) is 0 Å². The topological polar surface area (TPSA) is 97.2 Å². The molecule has 9 heteroatoms. The molecular formula is C25H31N5O3S. The second-order valence-corrected chi connectivity index (χ2v) is 10.9. The molecule has 1 aliphatic rings. The van der Waals surface area contributed by atoms with Gasteiger partial charge in [0.05, 0.1) is 11.4 Å². The summed E-state index contributed by atoms with van der Waals surface area (Å²) in [5, 5.41) is 7.12. The molecule has 0 bridgehead atoms. The van der Waals surface area contributed by atoms with E-state index in [0.717, 1.165) is 27.8 Å². The average Bonchev–Trinajstić information content (AvgIpc) is 3.25. The lowest BCUT2D eigenvalue weighted by Crippen LogP contribution is -2.42. The van der Waals surface area contributed by atoms with Gasteiger partial charge in [-0.2, -0.15) is 4.31 Å². The third kappa shape index (κ3) is 4.90. The molecule has 1 N–H and O–H groups in total. The summed E-state index contributed by atoms with van der Waals surface area (Å²) in [5.74, 6) is -0.195. The summed E-state index contributed by atoms with van der Waals surface area (Å²) in [6.07, 6.45) is 2.50. The van der Waals surface area contributed by atoms with Gasteiger partial charge in [-0.3, -0.25) is 10.1 Å². The lowest BCUT2D eigenvalue weighted by Gasteiger charge is -2.31. The molecule has 0 unspecified atom stereocenters. The van der Waals surface area contributed by atoms with Gasteiger partial charge in [-0.15, -0.1) is 5.10 Å². The van der Waals surface area contributed by atoms with Gasteiger partial charge in [-0.25, -0.2) is 18.1 Å². The minimum atomic E-state index is -3.63. The Morgan fingerprint density at radius 2 is 1.65 bits per heavy atom. The molecule has 0 aliphatic carbocycles. The van der Waals surface area contributed by atoms with Crippen LogP contribution in [0.3, 0.4) is 0 Å². The predicted molar refractivity (Wildman–Crippen MR) is 131 cm³/mol. The van der Waals surface area contributed by atoms with Gasteiger partial charge in [0.2, 0.25) is 21.9 Å². The summed E-state index contributed by atoms with van der Waals surface area (Å²) in [6.45, 7) is 8.78. The van der Waals surface area contributed by atoms with Gasteiger partial charge in [0.25, 0.3) is 0 Å². The molecule has 2 aromatic carbocycles. The number of nitrogens with one attached hydrogen (secondary N) is 1. The first kappa shape index (κ1) is 24.1. The van der Waals surface area contributed by atoms with E-state index in [1.165, 1.54) is 4.31 Å². The number of aromatic nitrogens is 3. The first-order valence-electron chi connectivity index (χ1n) is 11.5. The van der Waals surface area contributed by atoms with Crippen LogP contribution in [-0.4, -0.2) is 46.5 Å². The van der Waals surface area contributed by atoms with Crippen LogP contribution in [0.25, 0.3) is 0 Å². The van der Waals surface area contributed by atoms with Crippen LogP contribution in [0, 0.1) is 33.6 Å². The summed E-state index contributed by atoms with van der Waals surface area (Å²) in [5.41, 5.74) is 4.61. The van der Waals surface area contributed by atoms with Crippen molar-refractivity contribution >= 4 is 21.9 Å². The molecule has 2 heterocycles. The van der Waals surface area contributed by atoms with Crippen LogP contribution in [0.5, 0.6) is 0 Å². The number of carbonyl (C=O) groups excluding carboxylic acids is 1. The van der Waals surface area contributed by atoms with E-state index in [-0.39, 0.29) is 17.8 Å². The fraction of sp³-hybridized carbons (Fsp3) is 0.400. The Morgan fingerprint density at radius 1 is 1.03 bits per heavy atom. The Balaban J connectivity index is 1.38. The molecule has 0 atom stereocenters. The number of nitrogens with zero attached hydrogens (tertiary/aromatic N) is 4. The number of rotatable bonds is 6. The summed E-state index contributed by atoms with van der Waals surface area (Å²) in [6, 6.07) is 11.9. The van der Waals surface area contributed by atoms with E-state index in [1.807, 2.05) is 64.1 Å². The minimum absolute atomic E-state index is 0.173. The number of piperidine rings is 1. The van der Waals surface area contributed by atoms with Crippen LogP contribution in [0.2, 0.25) is 0 Å². The van der Waals surface area contributed by atoms with E-state index in [9.17, 15) is 13.2 Å². The van der Waals surface area contributed by atoms with E-state index in [4.69, 9.17) is 0 Å². The zero-order chi connectivity index (χ0) is 24.5. The Morgan fingerprint density at radius 3 is 2.26 bits per heavy atom. The highest BCUT2D eigenvalue weighted by Gasteiger charge is 2.34. The number of hydrogen-bond donors (Lipinski definition) is 1. The number of hydrogen-bond acceptors (Lipinski definition) is 5. The lowest BCUT2D eigenvalue weighted by molar-refractivity contribution is -0.121. The molecule has 34 heavy (non-hydrogen) atoms. The number of anilines is 1. The Bertz CT molecular complexity index is 1270. The number of amides is 1. The van der Waals surface area contributed by atoms with E-state index in [1.54, 1.807) is 11.0 Å². The van der Waals surface area contributed by atoms with Crippen LogP contribution < -0.4 is 5.32 Å². The van der Waals surface area contributed by atoms with Gasteiger partial charge in [0.15, 0.2) is 0 Å². The highest BCUT2D eigenvalue weighted by atomic mass is 32.2. The van der Waals surface area contributed by atoms with Crippen LogP contribution in [-0.2, 0) is 21.4 Å². The van der Waals surface area contributed by atoms with Crippen molar-refractivity contribution in [3.05, 3.63) is 70.5 Å². The van der Waals surface area contributed by atoms with Crippen LogP contribution >= 0.6 is 0 Å². The summed E-state index contributed by atoms with van der Waals surface area (Å²) in [4.78, 5) is 17.4. The summed E-state index contributed by atoms with van der Waals surface area (Å²) >= 11 is 0. The van der Waals surface area contributed by atoms with Crippen molar-refractivity contribution in [1.82, 2.24) is 19.1 Å². The van der Waals surface area contributed by atoms with Gasteiger partial charge in [-0.05, 0) is 68.4 Å². The second-order valence-electron chi connectivity index (χ2n) is 9.01. The zero-order valence-electron chi connectivity index (χ0n) is 20.1. The summed E-state index contributed by atoms with van der Waals surface area (Å²) < 4.78 is 30.1. The molecule has 1 aliphatic heterocycles. The van der Waals surface area contributed by atoms with Gasteiger partial charge < -0.3 is 0 Å². The molecule has 1 amide bonds.